The minimum atomic E-state index is -0.226. The second-order valence-corrected chi connectivity index (χ2v) is 5.56. The number of para-hydroxylation sites is 2. The first-order chi connectivity index (χ1) is 8.03. The zero-order chi connectivity index (χ0) is 12.2. The molecule has 2 aliphatic rings. The first-order valence-corrected chi connectivity index (χ1v) is 6.30. The number of benzene rings is 1. The Morgan fingerprint density at radius 1 is 1.18 bits per heavy atom. The normalized spacial score (nSPS) is 20.6. The van der Waals surface area contributed by atoms with Gasteiger partial charge in [-0.05, 0) is 26.0 Å². The van der Waals surface area contributed by atoms with Gasteiger partial charge in [-0.1, -0.05) is 36.6 Å². The van der Waals surface area contributed by atoms with Gasteiger partial charge in [0.25, 0.3) is 0 Å². The van der Waals surface area contributed by atoms with E-state index in [1.54, 1.807) is 0 Å². The highest BCUT2D eigenvalue weighted by Crippen LogP contribution is 2.43. The molecule has 0 radical (unpaired) electrons. The molecule has 0 atom stereocenters. The molecule has 3 rings (SSSR count). The summed E-state index contributed by atoms with van der Waals surface area (Å²) >= 11 is 10.9. The molecular formula is C13H12N2S2. The lowest BCUT2D eigenvalue weighted by Gasteiger charge is -2.36. The van der Waals surface area contributed by atoms with Crippen molar-refractivity contribution < 1.29 is 0 Å². The number of nitrogens with zero attached hydrogens (tertiary/aromatic N) is 1. The van der Waals surface area contributed by atoms with Crippen molar-refractivity contribution in [1.29, 1.82) is 0 Å². The number of nitrogens with one attached hydrogen (secondary N) is 1. The van der Waals surface area contributed by atoms with Crippen LogP contribution in [0.2, 0.25) is 0 Å². The van der Waals surface area contributed by atoms with Crippen LogP contribution in [0.25, 0.3) is 0 Å². The molecule has 86 valence electrons. The summed E-state index contributed by atoms with van der Waals surface area (Å²) in [4.78, 5) is 3.85. The Hall–Kier alpha value is -1.26. The molecule has 1 aromatic carbocycles. The average molecular weight is 260 g/mol. The molecule has 0 aromatic heterocycles. The molecule has 4 heteroatoms. The minimum absolute atomic E-state index is 0.226. The van der Waals surface area contributed by atoms with Crippen molar-refractivity contribution >= 4 is 45.5 Å². The van der Waals surface area contributed by atoms with Crippen LogP contribution < -0.4 is 10.2 Å². The molecule has 2 aliphatic heterocycles. The van der Waals surface area contributed by atoms with Gasteiger partial charge in [-0.25, -0.2) is 0 Å². The molecule has 1 saturated heterocycles. The summed E-state index contributed by atoms with van der Waals surface area (Å²) in [6.45, 7) is 4.23. The van der Waals surface area contributed by atoms with Crippen molar-refractivity contribution in [1.82, 2.24) is 0 Å². The lowest BCUT2D eigenvalue weighted by molar-refractivity contribution is 0.682. The number of fused-ring (bicyclic) bond motifs is 3. The van der Waals surface area contributed by atoms with E-state index in [9.17, 15) is 0 Å². The number of allylic oxidation sites excluding steroid dienone is 1. The van der Waals surface area contributed by atoms with E-state index in [0.717, 1.165) is 26.8 Å². The van der Waals surface area contributed by atoms with Crippen molar-refractivity contribution in [2.75, 3.05) is 10.2 Å². The van der Waals surface area contributed by atoms with Gasteiger partial charge in [-0.2, -0.15) is 0 Å². The van der Waals surface area contributed by atoms with Crippen LogP contribution in [0.15, 0.2) is 36.2 Å². The summed E-state index contributed by atoms with van der Waals surface area (Å²) < 4.78 is 0. The molecule has 1 fully saturated rings. The zero-order valence-electron chi connectivity index (χ0n) is 9.65. The third-order valence-electron chi connectivity index (χ3n) is 3.30. The van der Waals surface area contributed by atoms with Crippen molar-refractivity contribution in [2.24, 2.45) is 0 Å². The molecule has 1 N–H and O–H groups in total. The van der Waals surface area contributed by atoms with Crippen molar-refractivity contribution in [3.63, 3.8) is 0 Å². The Balaban J connectivity index is 2.25. The van der Waals surface area contributed by atoms with E-state index in [0.29, 0.717) is 0 Å². The van der Waals surface area contributed by atoms with Crippen LogP contribution >= 0.6 is 24.4 Å². The molecule has 2 nitrogen and oxygen atoms in total. The van der Waals surface area contributed by atoms with Crippen LogP contribution in [0.1, 0.15) is 13.8 Å². The van der Waals surface area contributed by atoms with Gasteiger partial charge in [0.05, 0.1) is 32.3 Å². The van der Waals surface area contributed by atoms with Gasteiger partial charge in [0.15, 0.2) is 0 Å². The molecule has 0 saturated carbocycles. The van der Waals surface area contributed by atoms with E-state index < -0.39 is 0 Å². The van der Waals surface area contributed by atoms with Gasteiger partial charge >= 0.3 is 0 Å². The highest BCUT2D eigenvalue weighted by molar-refractivity contribution is 7.90. The largest absolute Gasteiger partial charge is 0.358 e. The molecule has 0 aliphatic carbocycles. The highest BCUT2D eigenvalue weighted by atomic mass is 32.1. The number of rotatable bonds is 0. The standard InChI is InChI=1S/C13H12N2S2/c1-13(2)12(17)11(16)10-7-14-8-5-3-4-6-9(8)15(10)13/h3-7,14H,1-2H3. The first-order valence-electron chi connectivity index (χ1n) is 5.48. The van der Waals surface area contributed by atoms with Crippen LogP contribution in [0, 0.1) is 0 Å². The summed E-state index contributed by atoms with van der Waals surface area (Å²) in [5.41, 5.74) is 3.01. The Morgan fingerprint density at radius 3 is 2.65 bits per heavy atom. The predicted octanol–water partition coefficient (Wildman–Crippen LogP) is 3.29. The molecule has 0 unspecified atom stereocenters. The summed E-state index contributed by atoms with van der Waals surface area (Å²) in [6.07, 6.45) is 1.95. The summed E-state index contributed by atoms with van der Waals surface area (Å²) in [5, 5.41) is 3.27. The molecule has 2 heterocycles. The van der Waals surface area contributed by atoms with Gasteiger partial charge in [0.1, 0.15) is 0 Å². The molecule has 17 heavy (non-hydrogen) atoms. The Labute approximate surface area is 111 Å². The molecule has 0 amide bonds. The number of thiocarbonyl (C=S) groups is 2. The topological polar surface area (TPSA) is 15.3 Å². The lowest BCUT2D eigenvalue weighted by Crippen LogP contribution is -2.43. The molecular weight excluding hydrogens is 248 g/mol. The van der Waals surface area contributed by atoms with Crippen molar-refractivity contribution in [3.05, 3.63) is 36.2 Å². The maximum Gasteiger partial charge on any atom is 0.0793 e. The van der Waals surface area contributed by atoms with Crippen LogP contribution in [-0.2, 0) is 0 Å². The van der Waals surface area contributed by atoms with Crippen LogP contribution in [0.3, 0.4) is 0 Å². The van der Waals surface area contributed by atoms with Crippen LogP contribution in [0.5, 0.6) is 0 Å². The van der Waals surface area contributed by atoms with Gasteiger partial charge in [-0.3, -0.25) is 0 Å². The van der Waals surface area contributed by atoms with Gasteiger partial charge in [0, 0.05) is 6.20 Å². The second kappa shape index (κ2) is 3.37. The quantitative estimate of drug-likeness (QED) is 0.720. The van der Waals surface area contributed by atoms with Gasteiger partial charge in [0.2, 0.25) is 0 Å². The number of hydrogen-bond donors (Lipinski definition) is 1. The SMILES string of the molecule is CC1(C)C(=S)C(=S)C2=CNc3ccccc3N21. The van der Waals surface area contributed by atoms with Gasteiger partial charge in [-0.15, -0.1) is 0 Å². The van der Waals surface area contributed by atoms with Crippen LogP contribution in [-0.4, -0.2) is 15.3 Å². The fraction of sp³-hybridized carbons (Fsp3) is 0.231. The Kier molecular flexibility index (Phi) is 2.15. The summed E-state index contributed by atoms with van der Waals surface area (Å²) in [5.74, 6) is 0. The highest BCUT2D eigenvalue weighted by Gasteiger charge is 2.46. The predicted molar refractivity (Wildman–Crippen MR) is 79.9 cm³/mol. The van der Waals surface area contributed by atoms with Crippen molar-refractivity contribution in [2.45, 2.75) is 19.4 Å². The minimum Gasteiger partial charge on any atom is -0.358 e. The summed E-state index contributed by atoms with van der Waals surface area (Å²) in [6, 6.07) is 8.20. The van der Waals surface area contributed by atoms with E-state index >= 15 is 0 Å². The van der Waals surface area contributed by atoms with E-state index in [4.69, 9.17) is 24.4 Å². The average Bonchev–Trinajstić information content (AvgIpc) is 2.51. The maximum absolute atomic E-state index is 5.47. The van der Waals surface area contributed by atoms with E-state index in [1.165, 1.54) is 0 Å². The number of hydrogen-bond acceptors (Lipinski definition) is 4. The molecule has 1 aromatic rings. The fourth-order valence-electron chi connectivity index (χ4n) is 2.40. The third-order valence-corrected chi connectivity index (χ3v) is 4.55. The third kappa shape index (κ3) is 1.31. The molecule has 0 bridgehead atoms. The Bertz CT molecular complexity index is 573. The van der Waals surface area contributed by atoms with Gasteiger partial charge < -0.3 is 10.2 Å². The smallest absolute Gasteiger partial charge is 0.0793 e. The number of anilines is 2. The van der Waals surface area contributed by atoms with E-state index in [1.807, 2.05) is 18.3 Å². The first kappa shape index (κ1) is 10.9. The zero-order valence-corrected chi connectivity index (χ0v) is 11.3. The Morgan fingerprint density at radius 2 is 1.88 bits per heavy atom. The van der Waals surface area contributed by atoms with E-state index in [-0.39, 0.29) is 5.54 Å². The van der Waals surface area contributed by atoms with Crippen molar-refractivity contribution in [3.8, 4) is 0 Å². The van der Waals surface area contributed by atoms with Crippen LogP contribution in [0.4, 0.5) is 11.4 Å². The maximum atomic E-state index is 5.47. The molecule has 0 spiro atoms. The fourth-order valence-corrected chi connectivity index (χ4v) is 2.99. The lowest BCUT2D eigenvalue weighted by atomic mass is 10.0. The summed E-state index contributed by atoms with van der Waals surface area (Å²) in [7, 11) is 0. The van der Waals surface area contributed by atoms with E-state index in [2.05, 4.69) is 36.2 Å². The monoisotopic (exact) mass is 260 g/mol. The second-order valence-electron chi connectivity index (χ2n) is 4.74.